The van der Waals surface area contributed by atoms with Gasteiger partial charge < -0.3 is 15.8 Å². The van der Waals surface area contributed by atoms with Crippen LogP contribution in [0.4, 0.5) is 0 Å². The Labute approximate surface area is 183 Å². The first kappa shape index (κ1) is 21.4. The highest BCUT2D eigenvalue weighted by molar-refractivity contribution is 6.02. The van der Waals surface area contributed by atoms with Gasteiger partial charge in [-0.1, -0.05) is 31.2 Å². The molecule has 6 heteroatoms. The Kier molecular flexibility index (Phi) is 5.75. The Bertz CT molecular complexity index is 1020. The SMILES string of the molecule is CCCN1Cc2ccccc2C[C@H]1CNC(=O)c1cc(C(N)=O)cc2c1OC(C)(C)C2. The number of hydrogen-bond acceptors (Lipinski definition) is 4. The standard InChI is InChI=1S/C25H31N3O3/c1-4-9-28-15-17-8-6-5-7-16(17)11-20(28)14-27-24(30)21-12-18(23(26)29)10-19-13-25(2,3)31-22(19)21/h5-8,10,12,20H,4,9,11,13-15H2,1-3H3,(H2,26,29)(H,27,30)/t20-/m0/s1. The molecule has 0 saturated heterocycles. The lowest BCUT2D eigenvalue weighted by Gasteiger charge is -2.37. The smallest absolute Gasteiger partial charge is 0.255 e. The third-order valence-corrected chi connectivity index (χ3v) is 6.16. The van der Waals surface area contributed by atoms with E-state index in [1.165, 1.54) is 11.1 Å². The molecule has 0 fully saturated rings. The highest BCUT2D eigenvalue weighted by atomic mass is 16.5. The van der Waals surface area contributed by atoms with Gasteiger partial charge >= 0.3 is 0 Å². The lowest BCUT2D eigenvalue weighted by Crippen LogP contribution is -2.47. The van der Waals surface area contributed by atoms with Gasteiger partial charge in [0.1, 0.15) is 11.4 Å². The first-order chi connectivity index (χ1) is 14.8. The highest BCUT2D eigenvalue weighted by Gasteiger charge is 2.35. The molecule has 0 bridgehead atoms. The van der Waals surface area contributed by atoms with Gasteiger partial charge in [0.05, 0.1) is 5.56 Å². The van der Waals surface area contributed by atoms with E-state index in [-0.39, 0.29) is 11.9 Å². The monoisotopic (exact) mass is 421 g/mol. The molecule has 0 saturated carbocycles. The van der Waals surface area contributed by atoms with Gasteiger partial charge in [-0.2, -0.15) is 0 Å². The number of rotatable bonds is 6. The molecule has 0 aromatic heterocycles. The minimum Gasteiger partial charge on any atom is -0.486 e. The molecule has 2 amide bonds. The van der Waals surface area contributed by atoms with Gasteiger partial charge in [-0.25, -0.2) is 0 Å². The van der Waals surface area contributed by atoms with Crippen LogP contribution in [-0.2, 0) is 19.4 Å². The van der Waals surface area contributed by atoms with E-state index in [1.54, 1.807) is 12.1 Å². The second kappa shape index (κ2) is 8.35. The fourth-order valence-corrected chi connectivity index (χ4v) is 4.72. The maximum Gasteiger partial charge on any atom is 0.255 e. The Morgan fingerprint density at radius 1 is 1.19 bits per heavy atom. The second-order valence-electron chi connectivity index (χ2n) is 9.22. The first-order valence-corrected chi connectivity index (χ1v) is 11.0. The normalized spacial score (nSPS) is 19.3. The first-order valence-electron chi connectivity index (χ1n) is 11.0. The van der Waals surface area contributed by atoms with Gasteiger partial charge in [0, 0.05) is 31.1 Å². The molecule has 6 nitrogen and oxygen atoms in total. The molecule has 2 aromatic rings. The van der Waals surface area contributed by atoms with Crippen LogP contribution in [0, 0.1) is 0 Å². The molecule has 0 spiro atoms. The lowest BCUT2D eigenvalue weighted by molar-refractivity contribution is 0.0912. The van der Waals surface area contributed by atoms with Crippen molar-refractivity contribution in [3.63, 3.8) is 0 Å². The molecule has 0 unspecified atom stereocenters. The summed E-state index contributed by atoms with van der Waals surface area (Å²) in [5.74, 6) is -0.209. The van der Waals surface area contributed by atoms with Crippen LogP contribution in [0.25, 0.3) is 0 Å². The van der Waals surface area contributed by atoms with Crippen LogP contribution in [0.3, 0.4) is 0 Å². The van der Waals surface area contributed by atoms with Crippen LogP contribution in [0.2, 0.25) is 0 Å². The number of nitrogens with one attached hydrogen (secondary N) is 1. The van der Waals surface area contributed by atoms with Crippen LogP contribution in [0.5, 0.6) is 5.75 Å². The van der Waals surface area contributed by atoms with E-state index in [4.69, 9.17) is 10.5 Å². The number of nitrogens with zero attached hydrogens (tertiary/aromatic N) is 1. The van der Waals surface area contributed by atoms with E-state index in [0.29, 0.717) is 29.8 Å². The average Bonchev–Trinajstić information content (AvgIpc) is 3.05. The molecule has 2 aromatic carbocycles. The van der Waals surface area contributed by atoms with Crippen molar-refractivity contribution >= 4 is 11.8 Å². The quantitative estimate of drug-likeness (QED) is 0.751. The number of fused-ring (bicyclic) bond motifs is 2. The van der Waals surface area contributed by atoms with Gasteiger partial charge in [-0.05, 0) is 62.1 Å². The zero-order chi connectivity index (χ0) is 22.2. The number of nitrogens with two attached hydrogens (primary N) is 1. The van der Waals surface area contributed by atoms with Crippen molar-refractivity contribution in [1.29, 1.82) is 0 Å². The Hall–Kier alpha value is -2.86. The number of carbonyl (C=O) groups is 2. The minimum atomic E-state index is -0.542. The summed E-state index contributed by atoms with van der Waals surface area (Å²) in [5.41, 5.74) is 9.38. The second-order valence-corrected chi connectivity index (χ2v) is 9.22. The zero-order valence-corrected chi connectivity index (χ0v) is 18.5. The van der Waals surface area contributed by atoms with E-state index in [1.807, 2.05) is 13.8 Å². The van der Waals surface area contributed by atoms with Crippen molar-refractivity contribution in [1.82, 2.24) is 10.2 Å². The maximum absolute atomic E-state index is 13.2. The average molecular weight is 422 g/mol. The van der Waals surface area contributed by atoms with E-state index >= 15 is 0 Å². The summed E-state index contributed by atoms with van der Waals surface area (Å²) in [4.78, 5) is 27.4. The number of primary amides is 1. The molecule has 164 valence electrons. The summed E-state index contributed by atoms with van der Waals surface area (Å²) in [7, 11) is 0. The van der Waals surface area contributed by atoms with Gasteiger partial charge in [0.2, 0.25) is 5.91 Å². The van der Waals surface area contributed by atoms with Crippen molar-refractivity contribution in [3.05, 3.63) is 64.2 Å². The fraction of sp³-hybridized carbons (Fsp3) is 0.440. The van der Waals surface area contributed by atoms with Gasteiger partial charge in [0.15, 0.2) is 0 Å². The highest BCUT2D eigenvalue weighted by Crippen LogP contribution is 2.38. The maximum atomic E-state index is 13.2. The van der Waals surface area contributed by atoms with Crippen LogP contribution in [0.1, 0.15) is 64.6 Å². The Morgan fingerprint density at radius 2 is 1.94 bits per heavy atom. The van der Waals surface area contributed by atoms with Crippen molar-refractivity contribution < 1.29 is 14.3 Å². The lowest BCUT2D eigenvalue weighted by atomic mass is 9.93. The third-order valence-electron chi connectivity index (χ3n) is 6.16. The number of benzene rings is 2. The predicted octanol–water partition coefficient (Wildman–Crippen LogP) is 3.07. The Balaban J connectivity index is 1.54. The van der Waals surface area contributed by atoms with Crippen molar-refractivity contribution in [3.8, 4) is 5.75 Å². The number of ether oxygens (including phenoxy) is 1. The van der Waals surface area contributed by atoms with Gasteiger partial charge in [-0.15, -0.1) is 0 Å². The molecular formula is C25H31N3O3. The van der Waals surface area contributed by atoms with E-state index in [2.05, 4.69) is 41.4 Å². The molecule has 0 aliphatic carbocycles. The summed E-state index contributed by atoms with van der Waals surface area (Å²) in [5, 5.41) is 3.10. The summed E-state index contributed by atoms with van der Waals surface area (Å²) in [6.45, 7) is 8.54. The van der Waals surface area contributed by atoms with Crippen molar-refractivity contribution in [2.24, 2.45) is 5.73 Å². The van der Waals surface area contributed by atoms with E-state index in [9.17, 15) is 9.59 Å². The zero-order valence-electron chi connectivity index (χ0n) is 18.5. The number of carbonyl (C=O) groups excluding carboxylic acids is 2. The molecule has 3 N–H and O–H groups in total. The van der Waals surface area contributed by atoms with Crippen LogP contribution in [-0.4, -0.2) is 41.4 Å². The molecule has 1 atom stereocenters. The summed E-state index contributed by atoms with van der Waals surface area (Å²) >= 11 is 0. The van der Waals surface area contributed by atoms with E-state index < -0.39 is 11.5 Å². The molecule has 0 radical (unpaired) electrons. The summed E-state index contributed by atoms with van der Waals surface area (Å²) < 4.78 is 6.06. The van der Waals surface area contributed by atoms with Crippen LogP contribution >= 0.6 is 0 Å². The number of hydrogen-bond donors (Lipinski definition) is 2. The van der Waals surface area contributed by atoms with Gasteiger partial charge in [-0.3, -0.25) is 14.5 Å². The molecule has 31 heavy (non-hydrogen) atoms. The minimum absolute atomic E-state index is 0.225. The van der Waals surface area contributed by atoms with E-state index in [0.717, 1.165) is 31.5 Å². The van der Waals surface area contributed by atoms with Crippen molar-refractivity contribution in [2.75, 3.05) is 13.1 Å². The van der Waals surface area contributed by atoms with Crippen molar-refractivity contribution in [2.45, 2.75) is 58.2 Å². The molecule has 2 aliphatic heterocycles. The Morgan fingerprint density at radius 3 is 2.65 bits per heavy atom. The fourth-order valence-electron chi connectivity index (χ4n) is 4.72. The third kappa shape index (κ3) is 4.44. The largest absolute Gasteiger partial charge is 0.486 e. The molecule has 4 rings (SSSR count). The van der Waals surface area contributed by atoms with Crippen LogP contribution < -0.4 is 15.8 Å². The van der Waals surface area contributed by atoms with Gasteiger partial charge in [0.25, 0.3) is 5.91 Å². The number of amides is 2. The molecule has 2 aliphatic rings. The summed E-state index contributed by atoms with van der Waals surface area (Å²) in [6, 6.07) is 12.0. The topological polar surface area (TPSA) is 84.7 Å². The molecule has 2 heterocycles. The summed E-state index contributed by atoms with van der Waals surface area (Å²) in [6.07, 6.45) is 2.59. The predicted molar refractivity (Wildman–Crippen MR) is 120 cm³/mol. The van der Waals surface area contributed by atoms with Crippen LogP contribution in [0.15, 0.2) is 36.4 Å². The molecular weight excluding hydrogens is 390 g/mol.